The lowest BCUT2D eigenvalue weighted by molar-refractivity contribution is -0.147. The monoisotopic (exact) mass is 354 g/mol. The minimum Gasteiger partial charge on any atom is -0.469 e. The zero-order valence-electron chi connectivity index (χ0n) is 12.0. The van der Waals surface area contributed by atoms with Crippen LogP contribution >= 0.6 is 15.9 Å². The number of piperidine rings is 1. The number of esters is 1. The molecule has 0 atom stereocenters. The molecule has 1 aliphatic heterocycles. The third kappa shape index (κ3) is 4.82. The summed E-state index contributed by atoms with van der Waals surface area (Å²) >= 11 is 3.37. The maximum absolute atomic E-state index is 12.0. The first-order chi connectivity index (χ1) is 10.1. The van der Waals surface area contributed by atoms with Crippen molar-refractivity contribution in [1.82, 2.24) is 4.90 Å². The SMILES string of the molecule is COC(=O)C1CCN(CC(=O)Nc2cccc(Br)c2)CC1. The Morgan fingerprint density at radius 1 is 1.38 bits per heavy atom. The van der Waals surface area contributed by atoms with Crippen LogP contribution in [0, 0.1) is 5.92 Å². The van der Waals surface area contributed by atoms with E-state index in [1.54, 1.807) is 0 Å². The normalized spacial score (nSPS) is 16.5. The number of methoxy groups -OCH3 is 1. The second-order valence-electron chi connectivity index (χ2n) is 5.13. The summed E-state index contributed by atoms with van der Waals surface area (Å²) in [5, 5.41) is 2.87. The lowest BCUT2D eigenvalue weighted by Gasteiger charge is -2.29. The first-order valence-corrected chi connectivity index (χ1v) is 7.73. The Morgan fingerprint density at radius 3 is 2.71 bits per heavy atom. The molecule has 0 bridgehead atoms. The van der Waals surface area contributed by atoms with Crippen LogP contribution in [0.25, 0.3) is 0 Å². The minimum atomic E-state index is -0.145. The Hall–Kier alpha value is -1.40. The quantitative estimate of drug-likeness (QED) is 0.842. The first kappa shape index (κ1) is 16.0. The molecule has 1 saturated heterocycles. The van der Waals surface area contributed by atoms with Crippen LogP contribution in [0.3, 0.4) is 0 Å². The molecule has 1 heterocycles. The number of likely N-dealkylation sites (tertiary alicyclic amines) is 1. The third-order valence-corrected chi connectivity index (χ3v) is 4.09. The van der Waals surface area contributed by atoms with Crippen molar-refractivity contribution < 1.29 is 14.3 Å². The zero-order chi connectivity index (χ0) is 15.2. The van der Waals surface area contributed by atoms with Crippen LogP contribution in [-0.2, 0) is 14.3 Å². The van der Waals surface area contributed by atoms with E-state index in [4.69, 9.17) is 4.74 Å². The van der Waals surface area contributed by atoms with E-state index in [0.717, 1.165) is 36.1 Å². The van der Waals surface area contributed by atoms with Crippen molar-refractivity contribution in [3.05, 3.63) is 28.7 Å². The Labute approximate surface area is 132 Å². The van der Waals surface area contributed by atoms with E-state index >= 15 is 0 Å². The molecule has 5 nitrogen and oxygen atoms in total. The molecule has 0 saturated carbocycles. The van der Waals surface area contributed by atoms with Crippen molar-refractivity contribution in [2.45, 2.75) is 12.8 Å². The van der Waals surface area contributed by atoms with Crippen molar-refractivity contribution in [2.24, 2.45) is 5.92 Å². The van der Waals surface area contributed by atoms with Gasteiger partial charge in [0.15, 0.2) is 0 Å². The number of nitrogens with zero attached hydrogens (tertiary/aromatic N) is 1. The Kier molecular flexibility index (Phi) is 5.76. The number of carbonyl (C=O) groups excluding carboxylic acids is 2. The lowest BCUT2D eigenvalue weighted by atomic mass is 9.97. The van der Waals surface area contributed by atoms with Gasteiger partial charge in [-0.05, 0) is 44.1 Å². The van der Waals surface area contributed by atoms with Gasteiger partial charge >= 0.3 is 5.97 Å². The molecule has 114 valence electrons. The van der Waals surface area contributed by atoms with Crippen LogP contribution in [0.1, 0.15) is 12.8 Å². The van der Waals surface area contributed by atoms with E-state index in [2.05, 4.69) is 26.1 Å². The number of hydrogen-bond acceptors (Lipinski definition) is 4. The van der Waals surface area contributed by atoms with Gasteiger partial charge < -0.3 is 10.1 Å². The second kappa shape index (κ2) is 7.56. The zero-order valence-corrected chi connectivity index (χ0v) is 13.6. The molecule has 2 rings (SSSR count). The van der Waals surface area contributed by atoms with Gasteiger partial charge in [0.25, 0.3) is 0 Å². The third-order valence-electron chi connectivity index (χ3n) is 3.60. The van der Waals surface area contributed by atoms with Gasteiger partial charge in [0, 0.05) is 10.2 Å². The second-order valence-corrected chi connectivity index (χ2v) is 6.05. The van der Waals surface area contributed by atoms with Gasteiger partial charge in [-0.25, -0.2) is 0 Å². The van der Waals surface area contributed by atoms with Crippen LogP contribution in [0.5, 0.6) is 0 Å². The van der Waals surface area contributed by atoms with Crippen molar-refractivity contribution in [3.63, 3.8) is 0 Å². The maximum atomic E-state index is 12.0. The number of amides is 1. The molecule has 1 N–H and O–H groups in total. The number of anilines is 1. The van der Waals surface area contributed by atoms with E-state index in [1.807, 2.05) is 24.3 Å². The van der Waals surface area contributed by atoms with Gasteiger partial charge in [0.1, 0.15) is 0 Å². The number of ether oxygens (including phenoxy) is 1. The summed E-state index contributed by atoms with van der Waals surface area (Å²) in [5.41, 5.74) is 0.777. The first-order valence-electron chi connectivity index (χ1n) is 6.94. The average Bonchev–Trinajstić information content (AvgIpc) is 2.47. The van der Waals surface area contributed by atoms with Crippen LogP contribution in [0.2, 0.25) is 0 Å². The summed E-state index contributed by atoms with van der Waals surface area (Å²) in [6.07, 6.45) is 1.49. The molecule has 0 aromatic heterocycles. The number of hydrogen-bond donors (Lipinski definition) is 1. The van der Waals surface area contributed by atoms with Crippen LogP contribution in [0.4, 0.5) is 5.69 Å². The van der Waals surface area contributed by atoms with Gasteiger partial charge in [-0.3, -0.25) is 14.5 Å². The predicted molar refractivity (Wildman–Crippen MR) is 84.0 cm³/mol. The number of carbonyl (C=O) groups is 2. The molecule has 0 radical (unpaired) electrons. The molecule has 6 heteroatoms. The van der Waals surface area contributed by atoms with E-state index in [1.165, 1.54) is 7.11 Å². The van der Waals surface area contributed by atoms with E-state index in [9.17, 15) is 9.59 Å². The predicted octanol–water partition coefficient (Wildman–Crippen LogP) is 2.27. The highest BCUT2D eigenvalue weighted by Crippen LogP contribution is 2.19. The topological polar surface area (TPSA) is 58.6 Å². The fraction of sp³-hybridized carbons (Fsp3) is 0.467. The molecule has 1 aliphatic rings. The highest BCUT2D eigenvalue weighted by molar-refractivity contribution is 9.10. The van der Waals surface area contributed by atoms with Crippen LogP contribution in [0.15, 0.2) is 28.7 Å². The largest absolute Gasteiger partial charge is 0.469 e. The molecule has 1 fully saturated rings. The van der Waals surface area contributed by atoms with Gasteiger partial charge in [-0.1, -0.05) is 22.0 Å². The highest BCUT2D eigenvalue weighted by Gasteiger charge is 2.26. The Bertz CT molecular complexity index is 513. The fourth-order valence-corrected chi connectivity index (χ4v) is 2.86. The van der Waals surface area contributed by atoms with Crippen LogP contribution in [-0.4, -0.2) is 43.5 Å². The summed E-state index contributed by atoms with van der Waals surface area (Å²) in [5.74, 6) is -0.211. The van der Waals surface area contributed by atoms with Gasteiger partial charge in [-0.15, -0.1) is 0 Å². The molecule has 1 aromatic rings. The summed E-state index contributed by atoms with van der Waals surface area (Å²) in [4.78, 5) is 25.5. The molecule has 1 amide bonds. The maximum Gasteiger partial charge on any atom is 0.308 e. The molecule has 1 aromatic carbocycles. The smallest absolute Gasteiger partial charge is 0.308 e. The minimum absolute atomic E-state index is 0.0283. The summed E-state index contributed by atoms with van der Waals surface area (Å²) in [7, 11) is 1.42. The molecule has 0 unspecified atom stereocenters. The van der Waals surface area contributed by atoms with Crippen LogP contribution < -0.4 is 5.32 Å². The molecule has 21 heavy (non-hydrogen) atoms. The highest BCUT2D eigenvalue weighted by atomic mass is 79.9. The summed E-state index contributed by atoms with van der Waals surface area (Å²) in [6, 6.07) is 7.50. The number of halogens is 1. The molecule has 0 spiro atoms. The average molecular weight is 355 g/mol. The van der Waals surface area contributed by atoms with Crippen molar-refractivity contribution >= 4 is 33.5 Å². The van der Waals surface area contributed by atoms with Gasteiger partial charge in [-0.2, -0.15) is 0 Å². The number of nitrogens with one attached hydrogen (secondary N) is 1. The van der Waals surface area contributed by atoms with E-state index < -0.39 is 0 Å². The van der Waals surface area contributed by atoms with Gasteiger partial charge in [0.05, 0.1) is 19.6 Å². The molecular weight excluding hydrogens is 336 g/mol. The van der Waals surface area contributed by atoms with E-state index in [0.29, 0.717) is 6.54 Å². The molecule has 0 aliphatic carbocycles. The molecular formula is C15H19BrN2O3. The fourth-order valence-electron chi connectivity index (χ4n) is 2.46. The van der Waals surface area contributed by atoms with Crippen molar-refractivity contribution in [3.8, 4) is 0 Å². The lowest BCUT2D eigenvalue weighted by Crippen LogP contribution is -2.41. The van der Waals surface area contributed by atoms with Crippen molar-refractivity contribution in [2.75, 3.05) is 32.1 Å². The van der Waals surface area contributed by atoms with Crippen molar-refractivity contribution in [1.29, 1.82) is 0 Å². The summed E-state index contributed by atoms with van der Waals surface area (Å²) in [6.45, 7) is 1.83. The Balaban J connectivity index is 1.78. The Morgan fingerprint density at radius 2 is 2.10 bits per heavy atom. The number of rotatable bonds is 4. The summed E-state index contributed by atoms with van der Waals surface area (Å²) < 4.78 is 5.68. The standard InChI is InChI=1S/C15H19BrN2O3/c1-21-15(20)11-5-7-18(8-6-11)10-14(19)17-13-4-2-3-12(16)9-13/h2-4,9,11H,5-8,10H2,1H3,(H,17,19). The number of benzene rings is 1. The van der Waals surface area contributed by atoms with E-state index in [-0.39, 0.29) is 17.8 Å². The van der Waals surface area contributed by atoms with Gasteiger partial charge in [0.2, 0.25) is 5.91 Å².